The highest BCUT2D eigenvalue weighted by molar-refractivity contribution is 4.78. The Bertz CT molecular complexity index is 105. The molecule has 0 aliphatic carbocycles. The van der Waals surface area contributed by atoms with E-state index >= 15 is 0 Å². The van der Waals surface area contributed by atoms with Crippen LogP contribution in [0.25, 0.3) is 0 Å². The minimum atomic E-state index is 0.657. The first-order valence-electron chi connectivity index (χ1n) is 4.03. The van der Waals surface area contributed by atoms with Crippen molar-refractivity contribution in [1.82, 2.24) is 4.90 Å². The molecular weight excluding hydrogens is 126 g/mol. The van der Waals surface area contributed by atoms with Gasteiger partial charge in [-0.25, -0.2) is 0 Å². The van der Waals surface area contributed by atoms with Gasteiger partial charge >= 0.3 is 0 Å². The summed E-state index contributed by atoms with van der Waals surface area (Å²) in [5.41, 5.74) is 0. The zero-order chi connectivity index (χ0) is 7.56. The molecule has 1 aliphatic rings. The van der Waals surface area contributed by atoms with Gasteiger partial charge in [0.25, 0.3) is 0 Å². The minimum Gasteiger partial charge on any atom is -0.379 e. The SMILES string of the molecule is CCN(C)[C@H]1COC[C@@H]1C. The van der Waals surface area contributed by atoms with Gasteiger partial charge in [-0.1, -0.05) is 13.8 Å². The van der Waals surface area contributed by atoms with Crippen LogP contribution in [0.3, 0.4) is 0 Å². The average molecular weight is 143 g/mol. The van der Waals surface area contributed by atoms with Crippen molar-refractivity contribution < 1.29 is 4.74 Å². The van der Waals surface area contributed by atoms with Crippen LogP contribution in [0.4, 0.5) is 0 Å². The lowest BCUT2D eigenvalue weighted by atomic mass is 10.1. The van der Waals surface area contributed by atoms with E-state index < -0.39 is 0 Å². The van der Waals surface area contributed by atoms with Crippen molar-refractivity contribution >= 4 is 0 Å². The second-order valence-corrected chi connectivity index (χ2v) is 3.16. The third-order valence-corrected chi connectivity index (χ3v) is 2.39. The van der Waals surface area contributed by atoms with E-state index in [1.165, 1.54) is 0 Å². The molecule has 0 N–H and O–H groups in total. The lowest BCUT2D eigenvalue weighted by Crippen LogP contribution is -2.36. The Balaban J connectivity index is 2.38. The molecule has 0 spiro atoms. The molecule has 1 rings (SSSR count). The Morgan fingerprint density at radius 1 is 1.50 bits per heavy atom. The van der Waals surface area contributed by atoms with Crippen molar-refractivity contribution in [1.29, 1.82) is 0 Å². The molecule has 0 aromatic heterocycles. The molecule has 0 bridgehead atoms. The van der Waals surface area contributed by atoms with E-state index in [1.54, 1.807) is 0 Å². The van der Waals surface area contributed by atoms with Gasteiger partial charge in [0.1, 0.15) is 0 Å². The van der Waals surface area contributed by atoms with Crippen molar-refractivity contribution in [3.05, 3.63) is 0 Å². The maximum absolute atomic E-state index is 5.35. The van der Waals surface area contributed by atoms with E-state index in [4.69, 9.17) is 4.74 Å². The number of likely N-dealkylation sites (N-methyl/N-ethyl adjacent to an activating group) is 1. The highest BCUT2D eigenvalue weighted by atomic mass is 16.5. The molecule has 60 valence electrons. The van der Waals surface area contributed by atoms with E-state index in [1.807, 2.05) is 0 Å². The largest absolute Gasteiger partial charge is 0.379 e. The van der Waals surface area contributed by atoms with E-state index in [0.717, 1.165) is 19.8 Å². The summed E-state index contributed by atoms with van der Waals surface area (Å²) in [4.78, 5) is 2.36. The van der Waals surface area contributed by atoms with Crippen LogP contribution in [-0.2, 0) is 4.74 Å². The topological polar surface area (TPSA) is 12.5 Å². The van der Waals surface area contributed by atoms with E-state index in [-0.39, 0.29) is 0 Å². The summed E-state index contributed by atoms with van der Waals surface area (Å²) in [5.74, 6) is 0.713. The highest BCUT2D eigenvalue weighted by Crippen LogP contribution is 2.16. The lowest BCUT2D eigenvalue weighted by Gasteiger charge is -2.24. The Morgan fingerprint density at radius 3 is 2.60 bits per heavy atom. The summed E-state index contributed by atoms with van der Waals surface area (Å²) in [5, 5.41) is 0. The van der Waals surface area contributed by atoms with Gasteiger partial charge in [0, 0.05) is 6.04 Å². The van der Waals surface area contributed by atoms with Gasteiger partial charge in [0.2, 0.25) is 0 Å². The maximum atomic E-state index is 5.35. The van der Waals surface area contributed by atoms with Crippen molar-refractivity contribution in [3.8, 4) is 0 Å². The molecule has 1 saturated heterocycles. The Kier molecular flexibility index (Phi) is 2.69. The minimum absolute atomic E-state index is 0.657. The molecule has 0 aromatic rings. The molecule has 0 aromatic carbocycles. The lowest BCUT2D eigenvalue weighted by molar-refractivity contribution is 0.162. The quantitative estimate of drug-likeness (QED) is 0.571. The number of ether oxygens (including phenoxy) is 1. The zero-order valence-electron chi connectivity index (χ0n) is 7.13. The molecule has 0 saturated carbocycles. The van der Waals surface area contributed by atoms with E-state index in [9.17, 15) is 0 Å². The fourth-order valence-electron chi connectivity index (χ4n) is 1.45. The molecule has 0 radical (unpaired) electrons. The molecule has 0 unspecified atom stereocenters. The van der Waals surface area contributed by atoms with Gasteiger partial charge in [0.15, 0.2) is 0 Å². The van der Waals surface area contributed by atoms with E-state index in [0.29, 0.717) is 12.0 Å². The fourth-order valence-corrected chi connectivity index (χ4v) is 1.45. The van der Waals surface area contributed by atoms with Gasteiger partial charge in [-0.15, -0.1) is 0 Å². The third-order valence-electron chi connectivity index (χ3n) is 2.39. The van der Waals surface area contributed by atoms with Crippen LogP contribution in [0.2, 0.25) is 0 Å². The Hall–Kier alpha value is -0.0800. The summed E-state index contributed by atoms with van der Waals surface area (Å²) in [6.07, 6.45) is 0. The number of nitrogens with zero attached hydrogens (tertiary/aromatic N) is 1. The molecule has 1 fully saturated rings. The molecular formula is C8H17NO. The monoisotopic (exact) mass is 143 g/mol. The molecule has 1 heterocycles. The molecule has 2 atom stereocenters. The standard InChI is InChI=1S/C8H17NO/c1-4-9(3)8-6-10-5-7(8)2/h7-8H,4-6H2,1-3H3/t7-,8-/m0/s1. The summed E-state index contributed by atoms with van der Waals surface area (Å²) in [6, 6.07) is 0.657. The molecule has 2 heteroatoms. The maximum Gasteiger partial charge on any atom is 0.0625 e. The van der Waals surface area contributed by atoms with Gasteiger partial charge in [-0.2, -0.15) is 0 Å². The van der Waals surface area contributed by atoms with Crippen LogP contribution in [-0.4, -0.2) is 37.7 Å². The first-order chi connectivity index (χ1) is 4.75. The van der Waals surface area contributed by atoms with Crippen LogP contribution in [0, 0.1) is 5.92 Å². The predicted molar refractivity (Wildman–Crippen MR) is 42.1 cm³/mol. The molecule has 0 amide bonds. The zero-order valence-corrected chi connectivity index (χ0v) is 7.13. The normalized spacial score (nSPS) is 33.6. The first-order valence-corrected chi connectivity index (χ1v) is 4.03. The Labute approximate surface area is 63.2 Å². The third kappa shape index (κ3) is 1.50. The van der Waals surface area contributed by atoms with Crippen LogP contribution in [0.1, 0.15) is 13.8 Å². The second kappa shape index (κ2) is 3.35. The molecule has 1 aliphatic heterocycles. The average Bonchev–Trinajstić information content (AvgIpc) is 2.34. The molecule has 10 heavy (non-hydrogen) atoms. The van der Waals surface area contributed by atoms with Crippen LogP contribution < -0.4 is 0 Å². The van der Waals surface area contributed by atoms with Crippen molar-refractivity contribution in [2.24, 2.45) is 5.92 Å². The van der Waals surface area contributed by atoms with E-state index in [2.05, 4.69) is 25.8 Å². The van der Waals surface area contributed by atoms with Crippen LogP contribution >= 0.6 is 0 Å². The van der Waals surface area contributed by atoms with Gasteiger partial charge in [0.05, 0.1) is 13.2 Å². The van der Waals surface area contributed by atoms with Crippen LogP contribution in [0.5, 0.6) is 0 Å². The van der Waals surface area contributed by atoms with Crippen molar-refractivity contribution in [2.45, 2.75) is 19.9 Å². The Morgan fingerprint density at radius 2 is 2.20 bits per heavy atom. The number of hydrogen-bond donors (Lipinski definition) is 0. The van der Waals surface area contributed by atoms with Crippen LogP contribution in [0.15, 0.2) is 0 Å². The smallest absolute Gasteiger partial charge is 0.0625 e. The summed E-state index contributed by atoms with van der Waals surface area (Å²) in [7, 11) is 2.16. The summed E-state index contributed by atoms with van der Waals surface area (Å²) in [6.45, 7) is 7.42. The number of rotatable bonds is 2. The van der Waals surface area contributed by atoms with Gasteiger partial charge < -0.3 is 9.64 Å². The van der Waals surface area contributed by atoms with Crippen molar-refractivity contribution in [3.63, 3.8) is 0 Å². The fraction of sp³-hybridized carbons (Fsp3) is 1.00. The van der Waals surface area contributed by atoms with Gasteiger partial charge in [-0.3, -0.25) is 0 Å². The first kappa shape index (κ1) is 8.02. The summed E-state index contributed by atoms with van der Waals surface area (Å²) >= 11 is 0. The van der Waals surface area contributed by atoms with Gasteiger partial charge in [-0.05, 0) is 19.5 Å². The predicted octanol–water partition coefficient (Wildman–Crippen LogP) is 0.973. The highest BCUT2D eigenvalue weighted by Gasteiger charge is 2.26. The number of hydrogen-bond acceptors (Lipinski definition) is 2. The second-order valence-electron chi connectivity index (χ2n) is 3.16. The van der Waals surface area contributed by atoms with Crippen molar-refractivity contribution in [2.75, 3.05) is 26.8 Å². The summed E-state index contributed by atoms with van der Waals surface area (Å²) < 4.78 is 5.35. The molecule has 2 nitrogen and oxygen atoms in total.